The number of hydrogen-bond acceptors (Lipinski definition) is 5. The number of para-hydroxylation sites is 1. The number of nitrogen functional groups attached to an aromatic ring is 1. The second-order valence-corrected chi connectivity index (χ2v) is 5.82. The lowest BCUT2D eigenvalue weighted by molar-refractivity contribution is 1.09. The van der Waals surface area contributed by atoms with Gasteiger partial charge in [0.05, 0.1) is 22.5 Å². The monoisotopic (exact) mass is 337 g/mol. The molecule has 0 aliphatic heterocycles. The third-order valence-electron chi connectivity index (χ3n) is 4.02. The smallest absolute Gasteiger partial charge is 0.123 e. The second-order valence-electron chi connectivity index (χ2n) is 5.82. The van der Waals surface area contributed by atoms with Crippen molar-refractivity contribution >= 4 is 16.7 Å². The van der Waals surface area contributed by atoms with Crippen molar-refractivity contribution in [1.82, 2.24) is 19.9 Å². The fourth-order valence-electron chi connectivity index (χ4n) is 2.66. The van der Waals surface area contributed by atoms with Gasteiger partial charge in [-0.15, -0.1) is 0 Å². The number of aryl methyl sites for hydroxylation is 1. The molecule has 4 aromatic rings. The third kappa shape index (κ3) is 3.08. The van der Waals surface area contributed by atoms with Crippen LogP contribution >= 0.6 is 0 Å². The van der Waals surface area contributed by atoms with Crippen molar-refractivity contribution in [2.24, 2.45) is 0 Å². The van der Waals surface area contributed by atoms with E-state index in [-0.39, 0.29) is 0 Å². The van der Waals surface area contributed by atoms with E-state index >= 15 is 0 Å². The Morgan fingerprint density at radius 3 is 2.62 bits per heavy atom. The quantitative estimate of drug-likeness (QED) is 0.539. The molecule has 3 aromatic heterocycles. The van der Waals surface area contributed by atoms with E-state index in [0.29, 0.717) is 5.82 Å². The number of benzene rings is 1. The molecule has 0 radical (unpaired) electrons. The van der Waals surface area contributed by atoms with Crippen LogP contribution in [0.5, 0.6) is 0 Å². The van der Waals surface area contributed by atoms with Gasteiger partial charge in [0, 0.05) is 28.9 Å². The van der Waals surface area contributed by atoms with Crippen molar-refractivity contribution in [3.8, 4) is 23.1 Å². The highest BCUT2D eigenvalue weighted by Gasteiger charge is 2.10. The molecule has 4 rings (SSSR count). The molecule has 5 heteroatoms. The van der Waals surface area contributed by atoms with Gasteiger partial charge in [-0.05, 0) is 31.2 Å². The Morgan fingerprint density at radius 2 is 1.77 bits per heavy atom. The number of nitrogens with two attached hydrogens (primary N) is 1. The van der Waals surface area contributed by atoms with Crippen molar-refractivity contribution in [3.63, 3.8) is 0 Å². The molecule has 0 saturated carbocycles. The summed E-state index contributed by atoms with van der Waals surface area (Å²) < 4.78 is 0. The van der Waals surface area contributed by atoms with Crippen LogP contribution in [0.15, 0.2) is 61.2 Å². The fourth-order valence-corrected chi connectivity index (χ4v) is 2.66. The maximum Gasteiger partial charge on any atom is 0.123 e. The molecule has 0 atom stereocenters. The van der Waals surface area contributed by atoms with Crippen LogP contribution in [0.4, 0.5) is 5.82 Å². The summed E-state index contributed by atoms with van der Waals surface area (Å²) in [6.07, 6.45) is 5.02. The van der Waals surface area contributed by atoms with E-state index < -0.39 is 0 Å². The van der Waals surface area contributed by atoms with Gasteiger partial charge in [0.25, 0.3) is 0 Å². The first kappa shape index (κ1) is 15.7. The van der Waals surface area contributed by atoms with Crippen LogP contribution in [0.3, 0.4) is 0 Å². The van der Waals surface area contributed by atoms with Crippen molar-refractivity contribution in [2.75, 3.05) is 5.73 Å². The van der Waals surface area contributed by atoms with Crippen LogP contribution in [0, 0.1) is 18.8 Å². The Morgan fingerprint density at radius 1 is 0.885 bits per heavy atom. The predicted octanol–water partition coefficient (Wildman–Crippen LogP) is 3.38. The summed E-state index contributed by atoms with van der Waals surface area (Å²) in [5.74, 6) is 6.76. The summed E-state index contributed by atoms with van der Waals surface area (Å²) in [5, 5.41) is 1.06. The lowest BCUT2D eigenvalue weighted by Crippen LogP contribution is -1.96. The van der Waals surface area contributed by atoms with E-state index in [0.717, 1.165) is 39.0 Å². The maximum absolute atomic E-state index is 5.62. The summed E-state index contributed by atoms with van der Waals surface area (Å²) in [5.41, 5.74) is 10.6. The molecule has 0 amide bonds. The summed E-state index contributed by atoms with van der Waals surface area (Å²) in [4.78, 5) is 17.3. The molecule has 3 heterocycles. The summed E-state index contributed by atoms with van der Waals surface area (Å²) in [6.45, 7) is 1.92. The molecule has 5 nitrogen and oxygen atoms in total. The largest absolute Gasteiger partial charge is 0.384 e. The van der Waals surface area contributed by atoms with E-state index in [9.17, 15) is 0 Å². The average Bonchev–Trinajstić information content (AvgIpc) is 2.68. The van der Waals surface area contributed by atoms with Gasteiger partial charge in [-0.3, -0.25) is 4.98 Å². The van der Waals surface area contributed by atoms with Gasteiger partial charge in [-0.25, -0.2) is 15.0 Å². The van der Waals surface area contributed by atoms with Gasteiger partial charge >= 0.3 is 0 Å². The van der Waals surface area contributed by atoms with Crippen molar-refractivity contribution in [3.05, 3.63) is 78.0 Å². The van der Waals surface area contributed by atoms with Crippen LogP contribution in [0.25, 0.3) is 22.2 Å². The lowest BCUT2D eigenvalue weighted by atomic mass is 10.0. The maximum atomic E-state index is 5.62. The van der Waals surface area contributed by atoms with E-state index in [2.05, 4.69) is 37.8 Å². The molecule has 2 N–H and O–H groups in total. The van der Waals surface area contributed by atoms with Crippen LogP contribution in [0.2, 0.25) is 0 Å². The van der Waals surface area contributed by atoms with E-state index in [4.69, 9.17) is 5.73 Å². The lowest BCUT2D eigenvalue weighted by Gasteiger charge is -2.07. The van der Waals surface area contributed by atoms with Gasteiger partial charge in [-0.1, -0.05) is 30.0 Å². The molecule has 1 aromatic carbocycles. The average molecular weight is 337 g/mol. The first-order valence-electron chi connectivity index (χ1n) is 8.11. The normalized spacial score (nSPS) is 10.3. The summed E-state index contributed by atoms with van der Waals surface area (Å²) >= 11 is 0. The van der Waals surface area contributed by atoms with Crippen molar-refractivity contribution < 1.29 is 0 Å². The molecule has 26 heavy (non-hydrogen) atoms. The number of aromatic nitrogens is 4. The number of nitrogens with zero attached hydrogens (tertiary/aromatic N) is 4. The highest BCUT2D eigenvalue weighted by molar-refractivity contribution is 5.83. The number of pyridine rings is 2. The predicted molar refractivity (Wildman–Crippen MR) is 102 cm³/mol. The van der Waals surface area contributed by atoms with Crippen LogP contribution in [0.1, 0.15) is 16.8 Å². The Bertz CT molecular complexity index is 1150. The van der Waals surface area contributed by atoms with E-state index in [1.165, 1.54) is 0 Å². The number of hydrogen-bond donors (Lipinski definition) is 1. The molecule has 0 bridgehead atoms. The first-order chi connectivity index (χ1) is 12.7. The molecular weight excluding hydrogens is 322 g/mol. The first-order valence-corrected chi connectivity index (χ1v) is 8.11. The fraction of sp³-hybridized carbons (Fsp3) is 0.0476. The Labute approximate surface area is 151 Å². The highest BCUT2D eigenvalue weighted by atomic mass is 14.8. The van der Waals surface area contributed by atoms with Gasteiger partial charge in [-0.2, -0.15) is 0 Å². The molecule has 0 spiro atoms. The second kappa shape index (κ2) is 6.61. The van der Waals surface area contributed by atoms with Crippen LogP contribution in [-0.2, 0) is 0 Å². The van der Waals surface area contributed by atoms with Gasteiger partial charge in [0.1, 0.15) is 12.1 Å². The topological polar surface area (TPSA) is 77.6 Å². The zero-order valence-electron chi connectivity index (χ0n) is 14.1. The van der Waals surface area contributed by atoms with E-state index in [1.54, 1.807) is 18.6 Å². The number of fused-ring (bicyclic) bond motifs is 1. The van der Waals surface area contributed by atoms with Gasteiger partial charge in [0.15, 0.2) is 0 Å². The van der Waals surface area contributed by atoms with Gasteiger partial charge in [0.2, 0.25) is 0 Å². The molecule has 0 aliphatic rings. The summed E-state index contributed by atoms with van der Waals surface area (Å²) in [7, 11) is 0. The molecule has 124 valence electrons. The molecule has 0 aliphatic carbocycles. The highest BCUT2D eigenvalue weighted by Crippen LogP contribution is 2.24. The van der Waals surface area contributed by atoms with Crippen molar-refractivity contribution in [1.29, 1.82) is 0 Å². The van der Waals surface area contributed by atoms with Gasteiger partial charge < -0.3 is 5.73 Å². The van der Waals surface area contributed by atoms with Crippen LogP contribution < -0.4 is 5.73 Å². The Kier molecular flexibility index (Phi) is 4.00. The van der Waals surface area contributed by atoms with Crippen LogP contribution in [-0.4, -0.2) is 19.9 Å². The zero-order valence-corrected chi connectivity index (χ0v) is 14.1. The number of anilines is 1. The standard InChI is InChI=1S/C21H15N5/c1-14-18(8-6-15-7-9-20(22)24-11-15)21(26-13-25-14)17-10-16-4-2-3-5-19(16)23-12-17/h2-5,7,9-13H,1H3,(H2,22,24). The Balaban J connectivity index is 1.82. The number of rotatable bonds is 1. The molecule has 0 unspecified atom stereocenters. The SMILES string of the molecule is Cc1ncnc(-c2cnc3ccccc3c2)c1C#Cc1ccc(N)nc1. The molecule has 0 saturated heterocycles. The van der Waals surface area contributed by atoms with Crippen molar-refractivity contribution in [2.45, 2.75) is 6.92 Å². The minimum atomic E-state index is 0.470. The minimum Gasteiger partial charge on any atom is -0.384 e. The van der Waals surface area contributed by atoms with E-state index in [1.807, 2.05) is 43.5 Å². The molecule has 0 fully saturated rings. The molecular formula is C21H15N5. The Hall–Kier alpha value is -3.78. The summed E-state index contributed by atoms with van der Waals surface area (Å²) in [6, 6.07) is 13.6. The third-order valence-corrected chi connectivity index (χ3v) is 4.02. The zero-order chi connectivity index (χ0) is 17.9. The minimum absolute atomic E-state index is 0.470.